The molecule has 2 N–H and O–H groups in total. The number of benzene rings is 2. The molecule has 2 aliphatic rings. The molecule has 1 atom stereocenters. The van der Waals surface area contributed by atoms with E-state index in [9.17, 15) is 15.0 Å². The van der Waals surface area contributed by atoms with Gasteiger partial charge >= 0.3 is 6.01 Å². The zero-order valence-corrected chi connectivity index (χ0v) is 21.1. The molecule has 9 nitrogen and oxygen atoms in total. The third-order valence-corrected chi connectivity index (χ3v) is 7.13. The lowest BCUT2D eigenvalue weighted by atomic mass is 10.0. The van der Waals surface area contributed by atoms with E-state index in [1.54, 1.807) is 17.0 Å². The molecule has 9 heteroatoms. The van der Waals surface area contributed by atoms with Crippen LogP contribution in [0.15, 0.2) is 49.1 Å². The van der Waals surface area contributed by atoms with Crippen molar-refractivity contribution in [3.8, 4) is 11.8 Å². The zero-order chi connectivity index (χ0) is 25.9. The number of phenols is 1. The third-order valence-electron chi connectivity index (χ3n) is 7.13. The Morgan fingerprint density at radius 3 is 2.68 bits per heavy atom. The summed E-state index contributed by atoms with van der Waals surface area (Å²) >= 11 is 0. The second-order valence-corrected chi connectivity index (χ2v) is 9.50. The first-order chi connectivity index (χ1) is 18.0. The number of aliphatic hydroxyl groups is 1. The highest BCUT2D eigenvalue weighted by molar-refractivity contribution is 5.95. The predicted octanol–water partition coefficient (Wildman–Crippen LogP) is 2.88. The molecule has 37 heavy (non-hydrogen) atoms. The van der Waals surface area contributed by atoms with Gasteiger partial charge in [0.25, 0.3) is 0 Å². The van der Waals surface area contributed by atoms with Crippen LogP contribution in [0.4, 0.5) is 11.5 Å². The van der Waals surface area contributed by atoms with Crippen molar-refractivity contribution in [1.29, 1.82) is 0 Å². The van der Waals surface area contributed by atoms with Gasteiger partial charge in [-0.05, 0) is 30.4 Å². The van der Waals surface area contributed by atoms with Gasteiger partial charge in [0.15, 0.2) is 0 Å². The minimum atomic E-state index is -0.591. The largest absolute Gasteiger partial charge is 0.508 e. The number of aliphatic hydroxyl groups excluding tert-OH is 1. The van der Waals surface area contributed by atoms with E-state index in [-0.39, 0.29) is 24.3 Å². The van der Waals surface area contributed by atoms with Gasteiger partial charge in [0.1, 0.15) is 18.2 Å². The number of ether oxygens (including phenoxy) is 1. The van der Waals surface area contributed by atoms with Crippen LogP contribution in [0.1, 0.15) is 24.6 Å². The molecule has 1 amide bonds. The molecule has 0 saturated carbocycles. The van der Waals surface area contributed by atoms with E-state index in [0.29, 0.717) is 39.1 Å². The molecule has 0 radical (unpaired) electrons. The average Bonchev–Trinajstić information content (AvgIpc) is 2.94. The summed E-state index contributed by atoms with van der Waals surface area (Å²) in [6.45, 7) is 9.40. The van der Waals surface area contributed by atoms with Crippen LogP contribution in [0, 0.1) is 0 Å². The number of fused-ring (bicyclic) bond motifs is 2. The maximum absolute atomic E-state index is 12.1. The van der Waals surface area contributed by atoms with Crippen LogP contribution in [0.2, 0.25) is 0 Å². The first-order valence-electron chi connectivity index (χ1n) is 12.8. The molecule has 1 unspecified atom stereocenters. The van der Waals surface area contributed by atoms with Crippen molar-refractivity contribution in [2.45, 2.75) is 32.4 Å². The van der Waals surface area contributed by atoms with E-state index in [0.717, 1.165) is 46.5 Å². The maximum atomic E-state index is 12.1. The number of hydrogen-bond donors (Lipinski definition) is 2. The summed E-state index contributed by atoms with van der Waals surface area (Å²) in [5, 5.41) is 22.5. The third kappa shape index (κ3) is 5.17. The Labute approximate surface area is 216 Å². The van der Waals surface area contributed by atoms with Crippen molar-refractivity contribution >= 4 is 28.2 Å². The van der Waals surface area contributed by atoms with Crippen LogP contribution in [0.5, 0.6) is 11.8 Å². The quantitative estimate of drug-likeness (QED) is 0.475. The Balaban J connectivity index is 1.47. The Bertz CT molecular complexity index is 1310. The molecule has 3 heterocycles. The number of hydrogen-bond acceptors (Lipinski definition) is 8. The van der Waals surface area contributed by atoms with Crippen LogP contribution in [0.3, 0.4) is 0 Å². The lowest BCUT2D eigenvalue weighted by molar-refractivity contribution is -0.126. The van der Waals surface area contributed by atoms with Crippen molar-refractivity contribution in [1.82, 2.24) is 14.9 Å². The number of nitrogens with zero attached hydrogens (tertiary/aromatic N) is 5. The predicted molar refractivity (Wildman–Crippen MR) is 143 cm³/mol. The molecule has 0 spiro atoms. The van der Waals surface area contributed by atoms with Crippen LogP contribution < -0.4 is 14.5 Å². The van der Waals surface area contributed by atoms with Gasteiger partial charge in [-0.2, -0.15) is 9.97 Å². The second-order valence-electron chi connectivity index (χ2n) is 9.50. The normalized spacial score (nSPS) is 16.4. The molecule has 1 aromatic heterocycles. The molecule has 2 aliphatic heterocycles. The van der Waals surface area contributed by atoms with E-state index >= 15 is 0 Å². The summed E-state index contributed by atoms with van der Waals surface area (Å²) in [6, 6.07) is 11.9. The summed E-state index contributed by atoms with van der Waals surface area (Å²) < 4.78 is 5.83. The molecule has 194 valence electrons. The van der Waals surface area contributed by atoms with Gasteiger partial charge < -0.3 is 29.6 Å². The van der Waals surface area contributed by atoms with Crippen LogP contribution in [-0.4, -0.2) is 76.4 Å². The number of phenolic OH excluding ortho intramolecular Hbond substituents is 1. The van der Waals surface area contributed by atoms with Gasteiger partial charge in [-0.1, -0.05) is 37.8 Å². The number of carbonyl (C=O) groups is 1. The maximum Gasteiger partial charge on any atom is 0.318 e. The highest BCUT2D eigenvalue weighted by atomic mass is 16.5. The minimum absolute atomic E-state index is 0.0593. The second kappa shape index (κ2) is 10.6. The summed E-state index contributed by atoms with van der Waals surface area (Å²) in [5.74, 6) is 1.00. The summed E-state index contributed by atoms with van der Waals surface area (Å²) in [5.41, 5.74) is 2.91. The van der Waals surface area contributed by atoms with Gasteiger partial charge in [0.2, 0.25) is 5.91 Å². The lowest BCUT2D eigenvalue weighted by Crippen LogP contribution is -2.49. The van der Waals surface area contributed by atoms with Gasteiger partial charge in [-0.15, -0.1) is 0 Å². The average molecular weight is 504 g/mol. The summed E-state index contributed by atoms with van der Waals surface area (Å²) in [6.07, 6.45) is 2.08. The fraction of sp³-hybridized carbons (Fsp3) is 0.393. The fourth-order valence-corrected chi connectivity index (χ4v) is 5.01. The zero-order valence-electron chi connectivity index (χ0n) is 21.1. The van der Waals surface area contributed by atoms with E-state index in [4.69, 9.17) is 14.7 Å². The van der Waals surface area contributed by atoms with Gasteiger partial charge in [0.05, 0.1) is 18.3 Å². The molecular formula is C28H33N5O4. The lowest BCUT2D eigenvalue weighted by Gasteiger charge is -2.38. The van der Waals surface area contributed by atoms with Crippen LogP contribution >= 0.6 is 0 Å². The fourth-order valence-electron chi connectivity index (χ4n) is 5.01. The van der Waals surface area contributed by atoms with E-state index in [2.05, 4.69) is 22.4 Å². The van der Waals surface area contributed by atoms with Crippen molar-refractivity contribution in [3.05, 3.63) is 60.3 Å². The Morgan fingerprint density at radius 1 is 1.14 bits per heavy atom. The van der Waals surface area contributed by atoms with Crippen molar-refractivity contribution in [2.24, 2.45) is 0 Å². The molecular weight excluding hydrogens is 470 g/mol. The number of rotatable bonds is 7. The highest BCUT2D eigenvalue weighted by Crippen LogP contribution is 2.36. The van der Waals surface area contributed by atoms with E-state index in [1.165, 1.54) is 6.08 Å². The molecule has 3 aromatic rings. The topological polar surface area (TPSA) is 102 Å². The van der Waals surface area contributed by atoms with Gasteiger partial charge in [-0.25, -0.2) is 0 Å². The number of piperazine rings is 1. The van der Waals surface area contributed by atoms with E-state index in [1.807, 2.05) is 25.1 Å². The number of anilines is 2. The monoisotopic (exact) mass is 503 g/mol. The summed E-state index contributed by atoms with van der Waals surface area (Å²) in [7, 11) is 0. The number of carbonyl (C=O) groups excluding carboxylic acids is 1. The Hall–Kier alpha value is -3.85. The first kappa shape index (κ1) is 24.8. The number of aromatic nitrogens is 2. The summed E-state index contributed by atoms with van der Waals surface area (Å²) in [4.78, 5) is 27.8. The van der Waals surface area contributed by atoms with Gasteiger partial charge in [-0.3, -0.25) is 4.79 Å². The molecule has 1 fully saturated rings. The first-order valence-corrected chi connectivity index (χ1v) is 12.8. The Kier molecular flexibility index (Phi) is 7.14. The number of amides is 1. The van der Waals surface area contributed by atoms with Crippen LogP contribution in [-0.2, 0) is 17.8 Å². The highest BCUT2D eigenvalue weighted by Gasteiger charge is 2.29. The van der Waals surface area contributed by atoms with Crippen molar-refractivity contribution < 1.29 is 19.7 Å². The number of aromatic hydroxyl groups is 1. The van der Waals surface area contributed by atoms with Crippen molar-refractivity contribution in [2.75, 3.05) is 49.1 Å². The molecule has 1 saturated heterocycles. The Morgan fingerprint density at radius 2 is 1.92 bits per heavy atom. The van der Waals surface area contributed by atoms with Crippen LogP contribution in [0.25, 0.3) is 10.8 Å². The minimum Gasteiger partial charge on any atom is -0.508 e. The smallest absolute Gasteiger partial charge is 0.318 e. The molecule has 5 rings (SSSR count). The van der Waals surface area contributed by atoms with Crippen molar-refractivity contribution in [3.63, 3.8) is 0 Å². The standard InChI is InChI=1S/C28H33N5O4/c1-3-20(34)18-37-28-29-24-17-33(25-16-21(35)15-19-7-5-6-8-22(19)25)10-9-23(24)27(30-28)32-13-11-31(12-14-32)26(36)4-2/h4-8,15-16,20,34-35H,2-3,9-14,17-18H2,1H3. The van der Waals surface area contributed by atoms with E-state index < -0.39 is 6.10 Å². The van der Waals surface area contributed by atoms with Gasteiger partial charge in [0, 0.05) is 55.4 Å². The SMILES string of the molecule is C=CC(=O)N1CCN(c2nc(OCC(O)CC)nc3c2CCN(c2cc(O)cc4ccccc24)C3)CC1. The molecule has 0 aliphatic carbocycles. The molecule has 2 aromatic carbocycles. The molecule has 0 bridgehead atoms.